The summed E-state index contributed by atoms with van der Waals surface area (Å²) in [6, 6.07) is 54.7. The molecule has 0 radical (unpaired) electrons. The van der Waals surface area contributed by atoms with Crippen molar-refractivity contribution >= 4 is 62.3 Å². The topological polar surface area (TPSA) is 278 Å². The molecule has 0 bridgehead atoms. The van der Waals surface area contributed by atoms with Crippen molar-refractivity contribution in [3.63, 3.8) is 0 Å². The Kier molecular flexibility index (Phi) is 24.9. The maximum absolute atomic E-state index is 15.9. The molecular weight excluding hydrogens is 1360 g/mol. The van der Waals surface area contributed by atoms with E-state index >= 15 is 4.57 Å². The lowest BCUT2D eigenvalue weighted by molar-refractivity contribution is -0.0948. The summed E-state index contributed by atoms with van der Waals surface area (Å²) >= 11 is 12.4. The summed E-state index contributed by atoms with van der Waals surface area (Å²) < 4.78 is 93.9. The number of carbonyl (C=O) groups excluding carboxylic acids is 2. The van der Waals surface area contributed by atoms with Gasteiger partial charge in [0.15, 0.2) is 0 Å². The Labute approximate surface area is 581 Å². The number of aromatic nitrogens is 4. The summed E-state index contributed by atoms with van der Waals surface area (Å²) in [7, 11) is -7.09. The second-order valence-corrected chi connectivity index (χ2v) is 26.1. The predicted octanol–water partition coefficient (Wildman–Crippen LogP) is 13.4. The van der Waals surface area contributed by atoms with Crippen molar-refractivity contribution in [2.75, 3.05) is 57.7 Å². The quantitative estimate of drug-likeness (QED) is 0.0303. The average molecular weight is 1430 g/mol. The van der Waals surface area contributed by atoms with E-state index in [1.54, 1.807) is 99.1 Å². The molecule has 2 amide bonds. The molecule has 3 N–H and O–H groups in total. The molecule has 9 aromatic rings. The molecule has 2 fully saturated rings. The van der Waals surface area contributed by atoms with E-state index in [9.17, 15) is 28.6 Å². The van der Waals surface area contributed by atoms with Gasteiger partial charge in [-0.3, -0.25) is 37.2 Å². The van der Waals surface area contributed by atoms with Crippen molar-refractivity contribution in [2.24, 2.45) is 0 Å². The first-order valence-corrected chi connectivity index (χ1v) is 35.3. The molecule has 24 nitrogen and oxygen atoms in total. The third kappa shape index (κ3) is 18.9. The van der Waals surface area contributed by atoms with Gasteiger partial charge < -0.3 is 48.3 Å². The zero-order valence-corrected chi connectivity index (χ0v) is 57.8. The van der Waals surface area contributed by atoms with E-state index in [-0.39, 0.29) is 42.6 Å². The van der Waals surface area contributed by atoms with Crippen molar-refractivity contribution in [1.29, 1.82) is 0 Å². The Morgan fingerprint density at radius 3 is 1.35 bits per heavy atom. The lowest BCUT2D eigenvalue weighted by Gasteiger charge is -2.37. The van der Waals surface area contributed by atoms with Gasteiger partial charge in [0.05, 0.1) is 27.4 Å². The van der Waals surface area contributed by atoms with Crippen LogP contribution in [0.15, 0.2) is 222 Å². The van der Waals surface area contributed by atoms with E-state index < -0.39 is 87.9 Å². The molecule has 28 heteroatoms. The first-order valence-electron chi connectivity index (χ1n) is 31.6. The largest absolute Gasteiger partial charge is 0.530 e. The van der Waals surface area contributed by atoms with E-state index in [4.69, 9.17) is 69.5 Å². The van der Waals surface area contributed by atoms with Crippen LogP contribution in [-0.2, 0) is 42.5 Å². The molecule has 0 spiro atoms. The number of methoxy groups -OCH3 is 2. The fourth-order valence-electron chi connectivity index (χ4n) is 11.0. The highest BCUT2D eigenvalue weighted by molar-refractivity contribution is 7.49. The summed E-state index contributed by atoms with van der Waals surface area (Å²) in [6.45, 7) is 8.98. The fraction of sp³-hybridized carbons (Fsp3) is 0.268. The Morgan fingerprint density at radius 1 is 0.545 bits per heavy atom. The Hall–Kier alpha value is -8.84. The van der Waals surface area contributed by atoms with Crippen molar-refractivity contribution in [2.45, 2.75) is 76.1 Å². The van der Waals surface area contributed by atoms with E-state index in [2.05, 4.69) is 46.3 Å². The van der Waals surface area contributed by atoms with Gasteiger partial charge in [-0.2, -0.15) is 9.97 Å². The molecule has 2 unspecified atom stereocenters. The van der Waals surface area contributed by atoms with E-state index in [0.29, 0.717) is 49.4 Å². The summed E-state index contributed by atoms with van der Waals surface area (Å²) in [5, 5.41) is 5.86. The smallest absolute Gasteiger partial charge is 0.497 e. The van der Waals surface area contributed by atoms with E-state index in [1.165, 1.54) is 97.3 Å². The van der Waals surface area contributed by atoms with Crippen molar-refractivity contribution in [1.82, 2.24) is 24.0 Å². The zero-order valence-electron chi connectivity index (χ0n) is 54.5. The predicted molar refractivity (Wildman–Crippen MR) is 372 cm³/mol. The molecule has 0 saturated carbocycles. The van der Waals surface area contributed by atoms with E-state index in [0.717, 1.165) is 4.57 Å². The minimum atomic E-state index is -5.11. The molecule has 2 aliphatic heterocycles. The van der Waals surface area contributed by atoms with Crippen molar-refractivity contribution in [3.8, 4) is 23.0 Å². The standard InChI is InChI=1S/C65H58Cl2N6O17P2.C6H15N/c1-81-49-26-18-45(19-27-49)65(44-16-10-5-11-17-44,46-20-28-50(82-2)29-21-46)83-40-55-54(39-60(85-55)73-37-35-58(71-64(73)77)69-62(75)43-14-8-4-9-15-43)90-92(80,88-52-32-24-48(67)25-33-52)84-41-56-53(89-91(78,79)87-51-30-22-47(66)23-31-51)38-59(86-56)72-36-34-57(70-63(72)76)68-61(74)42-12-6-3-7-13-42;1-4-7(5-2)6-3/h3-37,53-56,59-60H,38-41H2,1-2H3,(H,78,79)(H,68,70,74,76)(H,69,71,75,77);4-6H2,1-3H3/t53-,54-,55+,56+,59+,60+,92?;/m0./s1. The maximum atomic E-state index is 15.9. The fourth-order valence-corrected chi connectivity index (χ4v) is 13.7. The number of nitrogens with zero attached hydrogens (tertiary/aromatic N) is 5. The van der Waals surface area contributed by atoms with Crippen LogP contribution in [0.1, 0.15) is 83.5 Å². The molecule has 0 aliphatic carbocycles. The Morgan fingerprint density at radius 2 is 0.939 bits per heavy atom. The van der Waals surface area contributed by atoms with E-state index in [1.807, 2.05) is 54.6 Å². The lowest BCUT2D eigenvalue weighted by Crippen LogP contribution is -2.38. The number of nitrogens with one attached hydrogen (secondary N) is 2. The van der Waals surface area contributed by atoms with Gasteiger partial charge in [0.1, 0.15) is 77.1 Å². The molecule has 11 rings (SSSR count). The minimum absolute atomic E-state index is 0.0510. The summed E-state index contributed by atoms with van der Waals surface area (Å²) in [6.07, 6.45) is -5.96. The number of carbonyl (C=O) groups is 2. The number of phosphoric acid groups is 2. The molecule has 99 heavy (non-hydrogen) atoms. The molecule has 4 heterocycles. The van der Waals surface area contributed by atoms with Crippen LogP contribution in [0, 0.1) is 0 Å². The number of phosphoric ester groups is 2. The normalized spacial score (nSPS) is 18.6. The van der Waals surface area contributed by atoms with Gasteiger partial charge in [-0.05, 0) is 146 Å². The van der Waals surface area contributed by atoms with Crippen LogP contribution in [0.5, 0.6) is 23.0 Å². The van der Waals surface area contributed by atoms with Crippen LogP contribution >= 0.6 is 38.8 Å². The van der Waals surface area contributed by atoms with Gasteiger partial charge in [0.2, 0.25) is 0 Å². The number of rotatable bonds is 28. The third-order valence-electron chi connectivity index (χ3n) is 16.2. The summed E-state index contributed by atoms with van der Waals surface area (Å²) in [4.78, 5) is 76.0. The maximum Gasteiger partial charge on any atom is 0.530 e. The van der Waals surface area contributed by atoms with Gasteiger partial charge in [-0.25, -0.2) is 18.7 Å². The molecular formula is C71H73Cl2N7O17P2. The number of hydrogen-bond acceptors (Lipinski definition) is 19. The van der Waals surface area contributed by atoms with Crippen LogP contribution < -0.4 is 40.5 Å². The highest BCUT2D eigenvalue weighted by Gasteiger charge is 2.49. The van der Waals surface area contributed by atoms with Crippen molar-refractivity contribution in [3.05, 3.63) is 271 Å². The number of anilines is 2. The van der Waals surface area contributed by atoms with Gasteiger partial charge >= 0.3 is 27.0 Å². The highest BCUT2D eigenvalue weighted by Crippen LogP contribution is 2.55. The Balaban J connectivity index is 0.00000144. The zero-order chi connectivity index (χ0) is 70.1. The first kappa shape index (κ1) is 72.9. The van der Waals surface area contributed by atoms with Gasteiger partial charge in [-0.15, -0.1) is 0 Å². The van der Waals surface area contributed by atoms with Crippen LogP contribution in [0.2, 0.25) is 10.0 Å². The van der Waals surface area contributed by atoms with Gasteiger partial charge in [0.25, 0.3) is 11.8 Å². The second-order valence-electron chi connectivity index (χ2n) is 22.4. The summed E-state index contributed by atoms with van der Waals surface area (Å²) in [5.41, 5.74) is -0.560. The second kappa shape index (κ2) is 33.8. The lowest BCUT2D eigenvalue weighted by atomic mass is 9.80. The van der Waals surface area contributed by atoms with Crippen LogP contribution in [0.25, 0.3) is 0 Å². The number of amides is 2. The SMILES string of the molecule is CCN(CC)CC.COc1ccc(C(OC[C@H]2O[C@@H](n3ccc(NC(=O)c4ccccc4)nc3=O)C[C@@H]2OP(=O)(OC[C@H]2O[C@@H](n3ccc(NC(=O)c4ccccc4)nc3=O)C[C@@H]2OP(=O)(O)Oc2ccc(Cl)cc2)Oc2ccc(Cl)cc2)(c2ccccc2)c2ccc(OC)cc2)cc1. The molecule has 7 aromatic carbocycles. The highest BCUT2D eigenvalue weighted by atomic mass is 35.5. The van der Waals surface area contributed by atoms with Crippen LogP contribution in [0.3, 0.4) is 0 Å². The molecule has 518 valence electrons. The number of hydrogen-bond donors (Lipinski definition) is 3. The number of halogens is 2. The van der Waals surface area contributed by atoms with Gasteiger partial charge in [0, 0.05) is 46.4 Å². The number of benzene rings is 7. The molecule has 2 aliphatic rings. The minimum Gasteiger partial charge on any atom is -0.497 e. The number of ether oxygens (including phenoxy) is 5. The average Bonchev–Trinajstić information content (AvgIpc) is 0.986. The van der Waals surface area contributed by atoms with Crippen LogP contribution in [0.4, 0.5) is 11.6 Å². The van der Waals surface area contributed by atoms with Gasteiger partial charge in [-0.1, -0.05) is 135 Å². The molecule has 8 atom stereocenters. The van der Waals surface area contributed by atoms with Crippen molar-refractivity contribution < 1.29 is 69.9 Å². The monoisotopic (exact) mass is 1430 g/mol. The Bertz CT molecular complexity index is 4310. The third-order valence-corrected chi connectivity index (χ3v) is 19.1. The van der Waals surface area contributed by atoms with Crippen LogP contribution in [-0.4, -0.2) is 112 Å². The summed E-state index contributed by atoms with van der Waals surface area (Å²) in [5.74, 6) is -0.171. The first-order chi connectivity index (χ1) is 47.8. The molecule has 2 aromatic heterocycles. The molecule has 2 saturated heterocycles.